The largest absolute Gasteiger partial charge is 0.342 e. The lowest BCUT2D eigenvalue weighted by Crippen LogP contribution is -2.31. The molecule has 3 heterocycles. The molecular formula is C28H30N4O. The summed E-state index contributed by atoms with van der Waals surface area (Å²) in [6.45, 7) is 4.97. The van der Waals surface area contributed by atoms with Gasteiger partial charge >= 0.3 is 0 Å². The van der Waals surface area contributed by atoms with Gasteiger partial charge in [-0.15, -0.1) is 0 Å². The SMILES string of the molecule is Cc1cccc(Cc2cc(C)nc([C@H]3CCCN3C(=O)CCc3nc4ccccc4[nH]3)c2)c1. The predicted octanol–water partition coefficient (Wildman–Crippen LogP) is 5.46. The van der Waals surface area contributed by atoms with Gasteiger partial charge in [-0.3, -0.25) is 9.78 Å². The molecule has 0 unspecified atom stereocenters. The maximum absolute atomic E-state index is 13.2. The zero-order valence-electron chi connectivity index (χ0n) is 19.3. The van der Waals surface area contributed by atoms with Gasteiger partial charge in [-0.1, -0.05) is 42.0 Å². The van der Waals surface area contributed by atoms with Gasteiger partial charge < -0.3 is 9.88 Å². The third-order valence-corrected chi connectivity index (χ3v) is 6.45. The van der Waals surface area contributed by atoms with E-state index in [1.807, 2.05) is 36.1 Å². The van der Waals surface area contributed by atoms with Crippen LogP contribution in [-0.4, -0.2) is 32.3 Å². The number of H-pyrrole nitrogens is 1. The van der Waals surface area contributed by atoms with Crippen LogP contribution in [0.1, 0.15) is 59.2 Å². The van der Waals surface area contributed by atoms with Crippen LogP contribution in [0.25, 0.3) is 11.0 Å². The number of aryl methyl sites for hydroxylation is 3. The molecule has 0 spiro atoms. The number of aromatic nitrogens is 3. The number of nitrogens with one attached hydrogen (secondary N) is 1. The number of aromatic amines is 1. The number of hydrogen-bond donors (Lipinski definition) is 1. The molecule has 0 saturated carbocycles. The molecule has 0 aliphatic carbocycles. The third-order valence-electron chi connectivity index (χ3n) is 6.45. The van der Waals surface area contributed by atoms with Gasteiger partial charge in [-0.25, -0.2) is 4.98 Å². The second-order valence-corrected chi connectivity index (χ2v) is 9.15. The first-order valence-electron chi connectivity index (χ1n) is 11.8. The number of hydrogen-bond acceptors (Lipinski definition) is 3. The Hall–Kier alpha value is -3.47. The summed E-state index contributed by atoms with van der Waals surface area (Å²) in [5, 5.41) is 0. The first kappa shape index (κ1) is 21.4. The van der Waals surface area contributed by atoms with Gasteiger partial charge in [0.2, 0.25) is 5.91 Å². The van der Waals surface area contributed by atoms with Crippen LogP contribution >= 0.6 is 0 Å². The van der Waals surface area contributed by atoms with Crippen LogP contribution in [0.15, 0.2) is 60.7 Å². The van der Waals surface area contributed by atoms with E-state index >= 15 is 0 Å². The highest BCUT2D eigenvalue weighted by molar-refractivity contribution is 5.78. The van der Waals surface area contributed by atoms with E-state index in [-0.39, 0.29) is 11.9 Å². The number of fused-ring (bicyclic) bond motifs is 1. The van der Waals surface area contributed by atoms with Crippen LogP contribution in [0.4, 0.5) is 0 Å². The second-order valence-electron chi connectivity index (χ2n) is 9.15. The molecule has 168 valence electrons. The number of pyridine rings is 1. The number of carbonyl (C=O) groups excluding carboxylic acids is 1. The fourth-order valence-corrected chi connectivity index (χ4v) is 4.96. The lowest BCUT2D eigenvalue weighted by Gasteiger charge is -2.25. The summed E-state index contributed by atoms with van der Waals surface area (Å²) < 4.78 is 0. The second kappa shape index (κ2) is 9.18. The fourth-order valence-electron chi connectivity index (χ4n) is 4.96. The van der Waals surface area contributed by atoms with Crippen molar-refractivity contribution in [2.45, 2.75) is 52.0 Å². The highest BCUT2D eigenvalue weighted by atomic mass is 16.2. The van der Waals surface area contributed by atoms with Crippen molar-refractivity contribution in [2.24, 2.45) is 0 Å². The molecule has 0 radical (unpaired) electrons. The molecule has 1 atom stereocenters. The van der Waals surface area contributed by atoms with Crippen LogP contribution in [0, 0.1) is 13.8 Å². The van der Waals surface area contributed by atoms with Crippen molar-refractivity contribution in [3.8, 4) is 0 Å². The molecule has 5 heteroatoms. The van der Waals surface area contributed by atoms with E-state index in [9.17, 15) is 4.79 Å². The zero-order chi connectivity index (χ0) is 22.8. The van der Waals surface area contributed by atoms with Gasteiger partial charge in [0.05, 0.1) is 22.8 Å². The quantitative estimate of drug-likeness (QED) is 0.435. The Bertz CT molecular complexity index is 1260. The fraction of sp³-hybridized carbons (Fsp3) is 0.321. The number of amides is 1. The molecule has 2 aromatic heterocycles. The Morgan fingerprint density at radius 3 is 2.76 bits per heavy atom. The van der Waals surface area contributed by atoms with E-state index in [4.69, 9.17) is 4.98 Å². The van der Waals surface area contributed by atoms with Gasteiger partial charge in [-0.2, -0.15) is 0 Å². The Labute approximate surface area is 194 Å². The summed E-state index contributed by atoms with van der Waals surface area (Å²) >= 11 is 0. The van der Waals surface area contributed by atoms with Crippen molar-refractivity contribution in [1.82, 2.24) is 19.9 Å². The van der Waals surface area contributed by atoms with Crippen molar-refractivity contribution in [3.05, 3.63) is 94.6 Å². The summed E-state index contributed by atoms with van der Waals surface area (Å²) in [6, 6.07) is 21.0. The number of benzene rings is 2. The zero-order valence-corrected chi connectivity index (χ0v) is 19.3. The molecule has 0 bridgehead atoms. The smallest absolute Gasteiger partial charge is 0.223 e. The van der Waals surface area contributed by atoms with Crippen LogP contribution in [0.3, 0.4) is 0 Å². The predicted molar refractivity (Wildman–Crippen MR) is 131 cm³/mol. The van der Waals surface area contributed by atoms with Crippen LogP contribution in [0.2, 0.25) is 0 Å². The number of nitrogens with zero attached hydrogens (tertiary/aromatic N) is 3. The average Bonchev–Trinajstić information content (AvgIpc) is 3.44. The van der Waals surface area contributed by atoms with E-state index in [2.05, 4.69) is 53.3 Å². The maximum Gasteiger partial charge on any atom is 0.223 e. The van der Waals surface area contributed by atoms with Gasteiger partial charge in [-0.05, 0) is 68.5 Å². The molecule has 1 aliphatic heterocycles. The van der Waals surface area contributed by atoms with E-state index in [0.717, 1.165) is 54.1 Å². The summed E-state index contributed by atoms with van der Waals surface area (Å²) in [6.07, 6.45) is 3.94. The van der Waals surface area contributed by atoms with Gasteiger partial charge in [0, 0.05) is 25.1 Å². The van der Waals surface area contributed by atoms with Crippen molar-refractivity contribution < 1.29 is 4.79 Å². The average molecular weight is 439 g/mol. The van der Waals surface area contributed by atoms with Crippen LogP contribution in [0.5, 0.6) is 0 Å². The Morgan fingerprint density at radius 1 is 1.03 bits per heavy atom. The normalized spacial score (nSPS) is 15.9. The summed E-state index contributed by atoms with van der Waals surface area (Å²) in [4.78, 5) is 28.0. The summed E-state index contributed by atoms with van der Waals surface area (Å²) in [5.41, 5.74) is 7.83. The lowest BCUT2D eigenvalue weighted by atomic mass is 10.0. The molecule has 5 rings (SSSR count). The third kappa shape index (κ3) is 4.82. The van der Waals surface area contributed by atoms with E-state index < -0.39 is 0 Å². The van der Waals surface area contributed by atoms with Crippen LogP contribution in [-0.2, 0) is 17.6 Å². The molecule has 1 amide bonds. The highest BCUT2D eigenvalue weighted by Gasteiger charge is 2.31. The molecule has 1 fully saturated rings. The monoisotopic (exact) mass is 438 g/mol. The van der Waals surface area contributed by atoms with Gasteiger partial charge in [0.25, 0.3) is 0 Å². The number of carbonyl (C=O) groups is 1. The van der Waals surface area contributed by atoms with Crippen molar-refractivity contribution in [2.75, 3.05) is 6.54 Å². The standard InChI is InChI=1S/C28H30N4O/c1-19-7-5-8-21(15-19)17-22-16-20(2)29-25(18-22)26-11-6-14-32(26)28(33)13-12-27-30-23-9-3-4-10-24(23)31-27/h3-5,7-10,15-16,18,26H,6,11-14,17H2,1-2H3,(H,30,31)/t26-/m1/s1. The topological polar surface area (TPSA) is 61.9 Å². The van der Waals surface area contributed by atoms with Gasteiger partial charge in [0.1, 0.15) is 5.82 Å². The van der Waals surface area contributed by atoms with Crippen molar-refractivity contribution >= 4 is 16.9 Å². The van der Waals surface area contributed by atoms with Crippen molar-refractivity contribution in [1.29, 1.82) is 0 Å². The highest BCUT2D eigenvalue weighted by Crippen LogP contribution is 2.32. The van der Waals surface area contributed by atoms with Crippen molar-refractivity contribution in [3.63, 3.8) is 0 Å². The molecule has 1 N–H and O–H groups in total. The molecule has 1 aliphatic rings. The Balaban J connectivity index is 1.30. The molecular weight excluding hydrogens is 408 g/mol. The lowest BCUT2D eigenvalue weighted by molar-refractivity contribution is -0.132. The Kier molecular flexibility index (Phi) is 5.95. The van der Waals surface area contributed by atoms with E-state index in [0.29, 0.717) is 12.8 Å². The molecule has 4 aromatic rings. The first-order chi connectivity index (χ1) is 16.0. The minimum atomic E-state index is 0.0596. The number of imidazole rings is 1. The minimum absolute atomic E-state index is 0.0596. The maximum atomic E-state index is 13.2. The summed E-state index contributed by atoms with van der Waals surface area (Å²) in [5.74, 6) is 1.05. The number of para-hydroxylation sites is 2. The van der Waals surface area contributed by atoms with Crippen LogP contribution < -0.4 is 0 Å². The number of likely N-dealkylation sites (tertiary alicyclic amines) is 1. The van der Waals surface area contributed by atoms with E-state index in [1.165, 1.54) is 16.7 Å². The molecule has 2 aromatic carbocycles. The molecule has 5 nitrogen and oxygen atoms in total. The molecule has 33 heavy (non-hydrogen) atoms. The minimum Gasteiger partial charge on any atom is -0.342 e. The molecule has 1 saturated heterocycles. The first-order valence-corrected chi connectivity index (χ1v) is 11.8. The van der Waals surface area contributed by atoms with E-state index in [1.54, 1.807) is 0 Å². The van der Waals surface area contributed by atoms with Gasteiger partial charge in [0.15, 0.2) is 0 Å². The Morgan fingerprint density at radius 2 is 1.91 bits per heavy atom. The summed E-state index contributed by atoms with van der Waals surface area (Å²) in [7, 11) is 0. The number of rotatable bonds is 6.